The fraction of sp³-hybridized carbons (Fsp3) is 0.227. The van der Waals surface area contributed by atoms with E-state index in [2.05, 4.69) is 10.4 Å². The van der Waals surface area contributed by atoms with E-state index in [0.29, 0.717) is 27.8 Å². The molecule has 1 heterocycles. The average molecular weight is 396 g/mol. The van der Waals surface area contributed by atoms with Gasteiger partial charge in [0.1, 0.15) is 11.5 Å². The molecule has 3 rings (SSSR count). The zero-order valence-electron chi connectivity index (χ0n) is 16.3. The number of benzene rings is 2. The van der Waals surface area contributed by atoms with Gasteiger partial charge in [-0.05, 0) is 37.6 Å². The van der Waals surface area contributed by atoms with Crippen LogP contribution in [0.4, 0.5) is 5.82 Å². The highest BCUT2D eigenvalue weighted by atomic mass is 35.5. The van der Waals surface area contributed by atoms with Crippen LogP contribution in [-0.2, 0) is 4.79 Å². The Hall–Kier alpha value is -2.92. The number of aryl methyl sites for hydroxylation is 2. The van der Waals surface area contributed by atoms with E-state index in [1.165, 1.54) is 0 Å². The van der Waals surface area contributed by atoms with E-state index in [9.17, 15) is 9.59 Å². The Morgan fingerprint density at radius 1 is 1.11 bits per heavy atom. The number of nitrogens with zero attached hydrogens (tertiary/aromatic N) is 2. The van der Waals surface area contributed by atoms with Crippen LogP contribution in [0.2, 0.25) is 5.02 Å². The van der Waals surface area contributed by atoms with Crippen LogP contribution < -0.4 is 10.7 Å². The first-order valence-corrected chi connectivity index (χ1v) is 9.43. The molecule has 0 aliphatic carbocycles. The molecular formula is C22H22ClN3O2. The third-order valence-electron chi connectivity index (χ3n) is 4.41. The zero-order chi connectivity index (χ0) is 20.4. The second-order valence-corrected chi connectivity index (χ2v) is 7.48. The van der Waals surface area contributed by atoms with Crippen molar-refractivity contribution in [3.8, 4) is 16.8 Å². The number of carbonyl (C=O) groups excluding carboxylic acids is 1. The zero-order valence-corrected chi connectivity index (χ0v) is 17.0. The van der Waals surface area contributed by atoms with E-state index in [1.54, 1.807) is 43.7 Å². The minimum atomic E-state index is -0.255. The number of hydrogen-bond donors (Lipinski definition) is 1. The van der Waals surface area contributed by atoms with Crippen molar-refractivity contribution >= 4 is 23.3 Å². The predicted molar refractivity (Wildman–Crippen MR) is 113 cm³/mol. The summed E-state index contributed by atoms with van der Waals surface area (Å²) in [6.07, 6.45) is 0. The molecule has 0 radical (unpaired) electrons. The summed E-state index contributed by atoms with van der Waals surface area (Å²) < 4.78 is 1.57. The van der Waals surface area contributed by atoms with Gasteiger partial charge < -0.3 is 5.32 Å². The van der Waals surface area contributed by atoms with Gasteiger partial charge >= 0.3 is 0 Å². The van der Waals surface area contributed by atoms with Gasteiger partial charge in [-0.2, -0.15) is 5.10 Å². The molecular weight excluding hydrogens is 374 g/mol. The first-order valence-electron chi connectivity index (χ1n) is 9.05. The molecule has 1 aromatic heterocycles. The summed E-state index contributed by atoms with van der Waals surface area (Å²) in [5.41, 5.74) is 2.97. The van der Waals surface area contributed by atoms with Crippen molar-refractivity contribution in [1.82, 2.24) is 9.78 Å². The topological polar surface area (TPSA) is 64.0 Å². The van der Waals surface area contributed by atoms with Crippen LogP contribution in [-0.4, -0.2) is 15.7 Å². The van der Waals surface area contributed by atoms with Gasteiger partial charge in [0.15, 0.2) is 0 Å². The van der Waals surface area contributed by atoms with E-state index in [-0.39, 0.29) is 17.3 Å². The van der Waals surface area contributed by atoms with Gasteiger partial charge in [0.25, 0.3) is 0 Å². The van der Waals surface area contributed by atoms with Crippen molar-refractivity contribution < 1.29 is 4.79 Å². The largest absolute Gasteiger partial charge is 0.310 e. The molecule has 0 saturated carbocycles. The molecule has 1 N–H and O–H groups in total. The molecule has 1 amide bonds. The molecule has 6 heteroatoms. The standard InChI is InChI=1S/C22H22ClN3O2/c1-13(2)22(28)24-21-19(16-10-8-14(3)9-11-16)20(27)15(4)25-26(21)18-7-5-6-17(23)12-18/h5-13H,1-4H3,(H,24,28). The number of amides is 1. The van der Waals surface area contributed by atoms with Crippen LogP contribution in [0.1, 0.15) is 25.1 Å². The summed E-state index contributed by atoms with van der Waals surface area (Å²) in [5, 5.41) is 7.86. The Labute approximate surface area is 169 Å². The fourth-order valence-electron chi connectivity index (χ4n) is 2.80. The lowest BCUT2D eigenvalue weighted by Gasteiger charge is -2.19. The van der Waals surface area contributed by atoms with Crippen LogP contribution in [0, 0.1) is 19.8 Å². The molecule has 144 valence electrons. The van der Waals surface area contributed by atoms with Crippen molar-refractivity contribution in [1.29, 1.82) is 0 Å². The van der Waals surface area contributed by atoms with E-state index in [0.717, 1.165) is 11.1 Å². The summed E-state index contributed by atoms with van der Waals surface area (Å²) in [4.78, 5) is 25.5. The molecule has 0 aliphatic rings. The van der Waals surface area contributed by atoms with Gasteiger partial charge in [-0.3, -0.25) is 9.59 Å². The van der Waals surface area contributed by atoms with Crippen molar-refractivity contribution in [3.63, 3.8) is 0 Å². The summed E-state index contributed by atoms with van der Waals surface area (Å²) in [6, 6.07) is 14.7. The number of nitrogens with one attached hydrogen (secondary N) is 1. The molecule has 3 aromatic rings. The van der Waals surface area contributed by atoms with Crippen LogP contribution in [0.25, 0.3) is 16.8 Å². The predicted octanol–water partition coefficient (Wildman–Crippen LogP) is 4.76. The molecule has 0 aliphatic heterocycles. The third-order valence-corrected chi connectivity index (χ3v) is 4.65. The molecule has 0 spiro atoms. The summed E-state index contributed by atoms with van der Waals surface area (Å²) in [7, 11) is 0. The number of carbonyl (C=O) groups is 1. The van der Waals surface area contributed by atoms with Crippen LogP contribution in [0.5, 0.6) is 0 Å². The molecule has 2 aromatic carbocycles. The second kappa shape index (κ2) is 7.98. The Kier molecular flexibility index (Phi) is 5.66. The first kappa shape index (κ1) is 19.8. The molecule has 5 nitrogen and oxygen atoms in total. The number of halogens is 1. The molecule has 0 saturated heterocycles. The molecule has 28 heavy (non-hydrogen) atoms. The fourth-order valence-corrected chi connectivity index (χ4v) is 2.98. The van der Waals surface area contributed by atoms with Crippen molar-refractivity contribution in [2.24, 2.45) is 5.92 Å². The van der Waals surface area contributed by atoms with E-state index in [4.69, 9.17) is 11.6 Å². The van der Waals surface area contributed by atoms with Gasteiger partial charge in [0.2, 0.25) is 11.3 Å². The minimum Gasteiger partial charge on any atom is -0.310 e. The third kappa shape index (κ3) is 3.99. The monoisotopic (exact) mass is 395 g/mol. The summed E-state index contributed by atoms with van der Waals surface area (Å²) in [5.74, 6) is -0.121. The lowest BCUT2D eigenvalue weighted by Crippen LogP contribution is -2.26. The van der Waals surface area contributed by atoms with Crippen LogP contribution >= 0.6 is 11.6 Å². The Bertz CT molecular complexity index is 1090. The number of aromatic nitrogens is 2. The SMILES string of the molecule is Cc1ccc(-c2c(NC(=O)C(C)C)n(-c3cccc(Cl)c3)nc(C)c2=O)cc1. The maximum absolute atomic E-state index is 13.0. The smallest absolute Gasteiger partial charge is 0.228 e. The number of hydrogen-bond acceptors (Lipinski definition) is 3. The second-order valence-electron chi connectivity index (χ2n) is 7.04. The van der Waals surface area contributed by atoms with Gasteiger partial charge in [-0.15, -0.1) is 0 Å². The van der Waals surface area contributed by atoms with Crippen molar-refractivity contribution in [2.45, 2.75) is 27.7 Å². The van der Waals surface area contributed by atoms with Gasteiger partial charge in [0.05, 0.1) is 11.3 Å². The van der Waals surface area contributed by atoms with Crippen LogP contribution in [0.15, 0.2) is 53.3 Å². The van der Waals surface area contributed by atoms with Crippen molar-refractivity contribution in [2.75, 3.05) is 5.32 Å². The van der Waals surface area contributed by atoms with Gasteiger partial charge in [-0.25, -0.2) is 4.68 Å². The highest BCUT2D eigenvalue weighted by molar-refractivity contribution is 6.30. The van der Waals surface area contributed by atoms with E-state index >= 15 is 0 Å². The van der Waals surface area contributed by atoms with E-state index < -0.39 is 0 Å². The maximum atomic E-state index is 13.0. The number of rotatable bonds is 4. The molecule has 0 unspecified atom stereocenters. The normalized spacial score (nSPS) is 10.9. The Morgan fingerprint density at radius 2 is 1.79 bits per heavy atom. The van der Waals surface area contributed by atoms with Gasteiger partial charge in [0, 0.05) is 10.9 Å². The first-order chi connectivity index (χ1) is 13.3. The van der Waals surface area contributed by atoms with Crippen molar-refractivity contribution in [3.05, 3.63) is 75.0 Å². The van der Waals surface area contributed by atoms with Crippen LogP contribution in [0.3, 0.4) is 0 Å². The molecule has 0 bridgehead atoms. The lowest BCUT2D eigenvalue weighted by atomic mass is 10.0. The lowest BCUT2D eigenvalue weighted by molar-refractivity contribution is -0.118. The Morgan fingerprint density at radius 3 is 2.39 bits per heavy atom. The average Bonchev–Trinajstić information content (AvgIpc) is 2.65. The summed E-state index contributed by atoms with van der Waals surface area (Å²) >= 11 is 6.16. The minimum absolute atomic E-state index is 0.200. The Balaban J connectivity index is 2.34. The highest BCUT2D eigenvalue weighted by Gasteiger charge is 2.21. The quantitative estimate of drug-likeness (QED) is 0.692. The van der Waals surface area contributed by atoms with E-state index in [1.807, 2.05) is 37.3 Å². The molecule has 0 atom stereocenters. The summed E-state index contributed by atoms with van der Waals surface area (Å²) in [6.45, 7) is 7.23. The maximum Gasteiger partial charge on any atom is 0.228 e. The number of anilines is 1. The molecule has 0 fully saturated rings. The highest BCUT2D eigenvalue weighted by Crippen LogP contribution is 2.28. The van der Waals surface area contributed by atoms with Gasteiger partial charge in [-0.1, -0.05) is 61.3 Å².